The number of anilines is 1. The molecule has 2 aromatic rings. The van der Waals surface area contributed by atoms with E-state index in [2.05, 4.69) is 10.1 Å². The predicted octanol–water partition coefficient (Wildman–Crippen LogP) is 3.73. The van der Waals surface area contributed by atoms with Gasteiger partial charge in [-0.1, -0.05) is 18.2 Å². The molecule has 0 radical (unpaired) electrons. The highest BCUT2D eigenvalue weighted by molar-refractivity contribution is 6.09. The number of fused-ring (bicyclic) bond motifs is 1. The van der Waals surface area contributed by atoms with Crippen LogP contribution in [0, 0.1) is 0 Å². The highest BCUT2D eigenvalue weighted by Gasteiger charge is 2.57. The molecule has 2 amide bonds. The molecule has 10 heteroatoms. The van der Waals surface area contributed by atoms with Crippen molar-refractivity contribution in [3.05, 3.63) is 53.6 Å². The molecule has 0 saturated carbocycles. The van der Waals surface area contributed by atoms with Crippen LogP contribution < -0.4 is 14.8 Å². The molecule has 2 aliphatic heterocycles. The van der Waals surface area contributed by atoms with Crippen LogP contribution in [0.1, 0.15) is 30.4 Å². The van der Waals surface area contributed by atoms with Crippen LogP contribution in [-0.2, 0) is 15.1 Å². The monoisotopic (exact) mass is 477 g/mol. The Morgan fingerprint density at radius 3 is 2.62 bits per heavy atom. The number of methoxy groups -OCH3 is 1. The standard InChI is InChI=1S/C24H26F3N3O4/c1-29(2)21(31)13-15-7-6-12-30(15)23(17-8-4-5-9-20(17)33-3)18-14-16(34-24(25,26)27)10-11-19(18)28-22(23)32/h4-5,8-11,14-15H,6-7,12-13H2,1-3H3,(H,28,32)/t15-,23?/m0/s1. The fourth-order valence-corrected chi connectivity index (χ4v) is 4.99. The summed E-state index contributed by atoms with van der Waals surface area (Å²) in [5, 5.41) is 2.83. The zero-order valence-corrected chi connectivity index (χ0v) is 19.1. The number of halogens is 3. The van der Waals surface area contributed by atoms with Crippen LogP contribution >= 0.6 is 0 Å². The maximum atomic E-state index is 13.8. The number of carbonyl (C=O) groups excluding carboxylic acids is 2. The van der Waals surface area contributed by atoms with Crippen molar-refractivity contribution in [2.75, 3.05) is 33.1 Å². The first-order valence-corrected chi connectivity index (χ1v) is 10.9. The van der Waals surface area contributed by atoms with E-state index in [0.717, 1.165) is 6.42 Å². The maximum Gasteiger partial charge on any atom is 0.573 e. The van der Waals surface area contributed by atoms with Crippen molar-refractivity contribution in [2.24, 2.45) is 0 Å². The molecule has 2 atom stereocenters. The van der Waals surface area contributed by atoms with Crippen molar-refractivity contribution in [3.63, 3.8) is 0 Å². The molecule has 0 bridgehead atoms. The normalized spacial score (nSPS) is 22.3. The molecule has 1 saturated heterocycles. The lowest BCUT2D eigenvalue weighted by molar-refractivity contribution is -0.274. The number of para-hydroxylation sites is 1. The van der Waals surface area contributed by atoms with Crippen LogP contribution in [0.25, 0.3) is 0 Å². The van der Waals surface area contributed by atoms with Gasteiger partial charge in [-0.15, -0.1) is 13.2 Å². The fraction of sp³-hybridized carbons (Fsp3) is 0.417. The minimum Gasteiger partial charge on any atom is -0.496 e. The van der Waals surface area contributed by atoms with Gasteiger partial charge in [-0.3, -0.25) is 14.5 Å². The minimum atomic E-state index is -4.88. The molecule has 0 aliphatic carbocycles. The lowest BCUT2D eigenvalue weighted by atomic mass is 9.80. The smallest absolute Gasteiger partial charge is 0.496 e. The third-order valence-electron chi connectivity index (χ3n) is 6.40. The van der Waals surface area contributed by atoms with Crippen LogP contribution in [0.2, 0.25) is 0 Å². The number of hydrogen-bond donors (Lipinski definition) is 1. The van der Waals surface area contributed by atoms with Gasteiger partial charge in [0.25, 0.3) is 5.91 Å². The Bertz CT molecular complexity index is 1110. The molecule has 34 heavy (non-hydrogen) atoms. The van der Waals surface area contributed by atoms with Crippen molar-refractivity contribution in [2.45, 2.75) is 37.2 Å². The Hall–Kier alpha value is -3.27. The Labute approximate surface area is 195 Å². The van der Waals surface area contributed by atoms with E-state index in [-0.39, 0.29) is 18.4 Å². The third kappa shape index (κ3) is 4.06. The van der Waals surface area contributed by atoms with Gasteiger partial charge >= 0.3 is 6.36 Å². The van der Waals surface area contributed by atoms with Crippen LogP contribution in [0.5, 0.6) is 11.5 Å². The SMILES string of the molecule is COc1ccccc1C1(N2CCC[C@H]2CC(=O)N(C)C)C(=O)Nc2ccc(OC(F)(F)F)cc21. The van der Waals surface area contributed by atoms with Crippen LogP contribution in [-0.4, -0.2) is 61.8 Å². The highest BCUT2D eigenvalue weighted by atomic mass is 19.4. The van der Waals surface area contributed by atoms with Gasteiger partial charge in [0.2, 0.25) is 5.91 Å². The number of carbonyl (C=O) groups is 2. The molecule has 1 N–H and O–H groups in total. The molecule has 7 nitrogen and oxygen atoms in total. The average molecular weight is 477 g/mol. The van der Waals surface area contributed by atoms with E-state index in [4.69, 9.17) is 4.74 Å². The second kappa shape index (κ2) is 8.83. The van der Waals surface area contributed by atoms with E-state index < -0.39 is 23.6 Å². The van der Waals surface area contributed by atoms with Gasteiger partial charge in [0.05, 0.1) is 7.11 Å². The van der Waals surface area contributed by atoms with Gasteiger partial charge in [-0.2, -0.15) is 0 Å². The van der Waals surface area contributed by atoms with Gasteiger partial charge < -0.3 is 19.7 Å². The van der Waals surface area contributed by atoms with Crippen LogP contribution in [0.4, 0.5) is 18.9 Å². The number of nitrogens with zero attached hydrogens (tertiary/aromatic N) is 2. The largest absolute Gasteiger partial charge is 0.573 e. The van der Waals surface area contributed by atoms with E-state index in [0.29, 0.717) is 35.5 Å². The number of alkyl halides is 3. The summed E-state index contributed by atoms with van der Waals surface area (Å²) in [6.45, 7) is 0.473. The molecule has 2 aromatic carbocycles. The van der Waals surface area contributed by atoms with E-state index in [9.17, 15) is 22.8 Å². The summed E-state index contributed by atoms with van der Waals surface area (Å²) in [5.41, 5.74) is -0.300. The van der Waals surface area contributed by atoms with E-state index in [1.54, 1.807) is 38.4 Å². The van der Waals surface area contributed by atoms with Gasteiger partial charge in [0.1, 0.15) is 11.5 Å². The quantitative estimate of drug-likeness (QED) is 0.687. The summed E-state index contributed by atoms with van der Waals surface area (Å²) in [7, 11) is 4.80. The molecular formula is C24H26F3N3O4. The number of ether oxygens (including phenoxy) is 2. The van der Waals surface area contributed by atoms with Crippen molar-refractivity contribution in [3.8, 4) is 11.5 Å². The summed E-state index contributed by atoms with van der Waals surface area (Å²) in [6, 6.07) is 10.5. The van der Waals surface area contributed by atoms with Crippen molar-refractivity contribution in [1.29, 1.82) is 0 Å². The van der Waals surface area contributed by atoms with Crippen LogP contribution in [0.15, 0.2) is 42.5 Å². The van der Waals surface area contributed by atoms with Crippen molar-refractivity contribution < 1.29 is 32.2 Å². The number of amides is 2. The van der Waals surface area contributed by atoms with Gasteiger partial charge in [-0.05, 0) is 37.1 Å². The Kier molecular flexibility index (Phi) is 6.20. The molecule has 1 fully saturated rings. The second-order valence-electron chi connectivity index (χ2n) is 8.60. The van der Waals surface area contributed by atoms with E-state index >= 15 is 0 Å². The number of nitrogens with one attached hydrogen (secondary N) is 1. The van der Waals surface area contributed by atoms with Crippen molar-refractivity contribution >= 4 is 17.5 Å². The average Bonchev–Trinajstić information content (AvgIpc) is 3.34. The first-order valence-electron chi connectivity index (χ1n) is 10.9. The molecule has 0 aromatic heterocycles. The Morgan fingerprint density at radius 2 is 1.94 bits per heavy atom. The molecule has 2 aliphatic rings. The van der Waals surface area contributed by atoms with Crippen molar-refractivity contribution in [1.82, 2.24) is 9.80 Å². The summed E-state index contributed by atoms with van der Waals surface area (Å²) < 4.78 is 48.8. The lowest BCUT2D eigenvalue weighted by Gasteiger charge is -2.42. The summed E-state index contributed by atoms with van der Waals surface area (Å²) in [6.07, 6.45) is -3.32. The fourth-order valence-electron chi connectivity index (χ4n) is 4.99. The van der Waals surface area contributed by atoms with Crippen LogP contribution in [0.3, 0.4) is 0 Å². The first kappa shape index (κ1) is 23.9. The number of benzene rings is 2. The zero-order chi connectivity index (χ0) is 24.7. The highest BCUT2D eigenvalue weighted by Crippen LogP contribution is 2.52. The topological polar surface area (TPSA) is 71.1 Å². The second-order valence-corrected chi connectivity index (χ2v) is 8.60. The third-order valence-corrected chi connectivity index (χ3v) is 6.40. The van der Waals surface area contributed by atoms with Gasteiger partial charge in [0.15, 0.2) is 5.54 Å². The summed E-state index contributed by atoms with van der Waals surface area (Å²) in [5.74, 6) is -0.528. The summed E-state index contributed by atoms with van der Waals surface area (Å²) >= 11 is 0. The zero-order valence-electron chi connectivity index (χ0n) is 19.1. The first-order chi connectivity index (χ1) is 16.1. The van der Waals surface area contributed by atoms with Gasteiger partial charge in [-0.25, -0.2) is 0 Å². The summed E-state index contributed by atoms with van der Waals surface area (Å²) in [4.78, 5) is 29.8. The number of likely N-dealkylation sites (tertiary alicyclic amines) is 1. The van der Waals surface area contributed by atoms with Gasteiger partial charge in [0, 0.05) is 49.9 Å². The predicted molar refractivity (Wildman–Crippen MR) is 119 cm³/mol. The molecular weight excluding hydrogens is 451 g/mol. The minimum absolute atomic E-state index is 0.0974. The van der Waals surface area contributed by atoms with E-state index in [1.807, 2.05) is 4.90 Å². The molecule has 1 unspecified atom stereocenters. The lowest BCUT2D eigenvalue weighted by Crippen LogP contribution is -2.54. The molecule has 0 spiro atoms. The molecule has 2 heterocycles. The number of hydrogen-bond acceptors (Lipinski definition) is 5. The Balaban J connectivity index is 1.93. The number of rotatable bonds is 6. The maximum absolute atomic E-state index is 13.8. The molecule has 182 valence electrons. The Morgan fingerprint density at radius 1 is 1.21 bits per heavy atom. The molecule has 4 rings (SSSR count). The van der Waals surface area contributed by atoms with E-state index in [1.165, 1.54) is 30.2 Å².